The van der Waals surface area contributed by atoms with Crippen molar-refractivity contribution < 1.29 is 29.0 Å². The molecule has 2 aromatic carbocycles. The summed E-state index contributed by atoms with van der Waals surface area (Å²) in [5, 5.41) is 11.9. The summed E-state index contributed by atoms with van der Waals surface area (Å²) in [7, 11) is 0. The lowest BCUT2D eigenvalue weighted by molar-refractivity contribution is -0.161. The minimum Gasteiger partial charge on any atom is -0.479 e. The van der Waals surface area contributed by atoms with E-state index in [-0.39, 0.29) is 12.5 Å². The van der Waals surface area contributed by atoms with E-state index < -0.39 is 35.6 Å². The predicted octanol–water partition coefficient (Wildman–Crippen LogP) is 4.10. The van der Waals surface area contributed by atoms with E-state index in [1.54, 1.807) is 20.8 Å². The zero-order valence-corrected chi connectivity index (χ0v) is 18.1. The number of esters is 1. The summed E-state index contributed by atoms with van der Waals surface area (Å²) in [4.78, 5) is 36.4. The van der Waals surface area contributed by atoms with Gasteiger partial charge in [0, 0.05) is 5.92 Å². The Morgan fingerprint density at radius 1 is 0.935 bits per heavy atom. The van der Waals surface area contributed by atoms with E-state index in [0.29, 0.717) is 0 Å². The topological polar surface area (TPSA) is 102 Å². The van der Waals surface area contributed by atoms with Crippen molar-refractivity contribution in [1.29, 1.82) is 0 Å². The molecule has 0 aliphatic heterocycles. The Morgan fingerprint density at radius 3 is 1.94 bits per heavy atom. The molecule has 0 radical (unpaired) electrons. The van der Waals surface area contributed by atoms with E-state index in [4.69, 9.17) is 9.47 Å². The number of aliphatic carboxylic acids is 1. The molecular weight excluding hydrogens is 398 g/mol. The van der Waals surface area contributed by atoms with Crippen LogP contribution in [0.4, 0.5) is 4.79 Å². The second-order valence-corrected chi connectivity index (χ2v) is 8.85. The third-order valence-corrected chi connectivity index (χ3v) is 5.11. The van der Waals surface area contributed by atoms with E-state index in [0.717, 1.165) is 22.3 Å². The largest absolute Gasteiger partial charge is 0.479 e. The summed E-state index contributed by atoms with van der Waals surface area (Å²) < 4.78 is 10.6. The number of rotatable bonds is 6. The van der Waals surface area contributed by atoms with Crippen LogP contribution < -0.4 is 5.32 Å². The first-order chi connectivity index (χ1) is 14.5. The van der Waals surface area contributed by atoms with Gasteiger partial charge in [-0.15, -0.1) is 0 Å². The first-order valence-corrected chi connectivity index (χ1v) is 10.1. The second kappa shape index (κ2) is 8.41. The Kier molecular flexibility index (Phi) is 6.06. The molecule has 164 valence electrons. The van der Waals surface area contributed by atoms with E-state index in [2.05, 4.69) is 5.32 Å². The lowest BCUT2D eigenvalue weighted by Crippen LogP contribution is -2.54. The number of ether oxygens (including phenoxy) is 2. The van der Waals surface area contributed by atoms with E-state index >= 15 is 0 Å². The van der Waals surface area contributed by atoms with Crippen LogP contribution in [0.15, 0.2) is 48.5 Å². The quantitative estimate of drug-likeness (QED) is 0.676. The van der Waals surface area contributed by atoms with Crippen molar-refractivity contribution in [3.63, 3.8) is 0 Å². The fourth-order valence-corrected chi connectivity index (χ4v) is 3.70. The lowest BCUT2D eigenvalue weighted by atomic mass is 9.97. The van der Waals surface area contributed by atoms with Crippen molar-refractivity contribution in [3.05, 3.63) is 59.7 Å². The van der Waals surface area contributed by atoms with Gasteiger partial charge in [-0.1, -0.05) is 48.5 Å². The first-order valence-electron chi connectivity index (χ1n) is 10.1. The van der Waals surface area contributed by atoms with Crippen molar-refractivity contribution in [2.75, 3.05) is 6.61 Å². The normalized spacial score (nSPS) is 14.7. The number of nitrogens with one attached hydrogen (secondary N) is 1. The summed E-state index contributed by atoms with van der Waals surface area (Å²) in [6, 6.07) is 15.8. The Bertz CT molecular complexity index is 964. The molecule has 0 saturated carbocycles. The van der Waals surface area contributed by atoms with Gasteiger partial charge in [0.1, 0.15) is 17.7 Å². The molecule has 31 heavy (non-hydrogen) atoms. The molecule has 7 nitrogen and oxygen atoms in total. The molecule has 2 aromatic rings. The summed E-state index contributed by atoms with van der Waals surface area (Å²) in [6.45, 7) is 6.34. The van der Waals surface area contributed by atoms with Gasteiger partial charge < -0.3 is 19.9 Å². The average molecular weight is 425 g/mol. The molecular formula is C24H27NO6. The second-order valence-electron chi connectivity index (χ2n) is 8.85. The highest BCUT2D eigenvalue weighted by molar-refractivity contribution is 5.89. The smallest absolute Gasteiger partial charge is 0.408 e. The van der Waals surface area contributed by atoms with Crippen molar-refractivity contribution >= 4 is 18.0 Å². The van der Waals surface area contributed by atoms with Gasteiger partial charge in [0.15, 0.2) is 0 Å². The number of carbonyl (C=O) groups excluding carboxylic acids is 2. The van der Waals surface area contributed by atoms with Crippen molar-refractivity contribution in [3.8, 4) is 11.1 Å². The number of alkyl carbamates (subject to hydrolysis) is 1. The summed E-state index contributed by atoms with van der Waals surface area (Å²) >= 11 is 0. The van der Waals surface area contributed by atoms with Gasteiger partial charge in [0.05, 0.1) is 6.42 Å². The van der Waals surface area contributed by atoms with Gasteiger partial charge in [-0.2, -0.15) is 0 Å². The van der Waals surface area contributed by atoms with Gasteiger partial charge in [0.25, 0.3) is 0 Å². The van der Waals surface area contributed by atoms with Crippen LogP contribution in [-0.2, 0) is 19.1 Å². The van der Waals surface area contributed by atoms with Crippen LogP contribution in [0.25, 0.3) is 11.1 Å². The summed E-state index contributed by atoms with van der Waals surface area (Å²) in [5.41, 5.74) is 1.66. The highest BCUT2D eigenvalue weighted by Gasteiger charge is 2.40. The first kappa shape index (κ1) is 22.3. The molecule has 0 aromatic heterocycles. The molecule has 2 N–H and O–H groups in total. The number of amides is 1. The number of benzene rings is 2. The molecule has 1 atom stereocenters. The number of fused-ring (bicyclic) bond motifs is 3. The SMILES string of the molecule is CC(C)(C)OC(=O)C[C@@](C)(NC(=O)OCC1c2ccccc2-c2ccccc21)C(=O)O. The molecule has 1 aliphatic carbocycles. The zero-order chi connectivity index (χ0) is 22.8. The van der Waals surface area contributed by atoms with Gasteiger partial charge in [0.2, 0.25) is 0 Å². The third-order valence-electron chi connectivity index (χ3n) is 5.11. The molecule has 0 heterocycles. The number of hydrogen-bond acceptors (Lipinski definition) is 5. The minimum absolute atomic E-state index is 0.0436. The Morgan fingerprint density at radius 2 is 1.45 bits per heavy atom. The number of hydrogen-bond donors (Lipinski definition) is 2. The standard InChI is InChI=1S/C24H27NO6/c1-23(2,3)31-20(26)13-24(4,21(27)28)25-22(29)30-14-19-17-11-7-5-9-15(17)16-10-6-8-12-18(16)19/h5-12,19H,13-14H2,1-4H3,(H,25,29)(H,27,28)/t24-/m1/s1. The van der Waals surface area contributed by atoms with Crippen LogP contribution in [0.5, 0.6) is 0 Å². The summed E-state index contributed by atoms with van der Waals surface area (Å²) in [5.74, 6) is -2.23. The van der Waals surface area contributed by atoms with Crippen LogP contribution in [-0.4, -0.2) is 40.9 Å². The third kappa shape index (κ3) is 5.05. The highest BCUT2D eigenvalue weighted by Crippen LogP contribution is 2.44. The van der Waals surface area contributed by atoms with E-state index in [9.17, 15) is 19.5 Å². The predicted molar refractivity (Wildman–Crippen MR) is 115 cm³/mol. The fraction of sp³-hybridized carbons (Fsp3) is 0.375. The molecule has 0 spiro atoms. The number of carbonyl (C=O) groups is 3. The van der Waals surface area contributed by atoms with Crippen LogP contribution >= 0.6 is 0 Å². The molecule has 7 heteroatoms. The molecule has 0 saturated heterocycles. The van der Waals surface area contributed by atoms with E-state index in [1.165, 1.54) is 6.92 Å². The number of carboxylic acids is 1. The van der Waals surface area contributed by atoms with Crippen LogP contribution in [0, 0.1) is 0 Å². The molecule has 0 fully saturated rings. The van der Waals surface area contributed by atoms with Crippen LogP contribution in [0.3, 0.4) is 0 Å². The van der Waals surface area contributed by atoms with Gasteiger partial charge in [-0.3, -0.25) is 4.79 Å². The molecule has 1 aliphatic rings. The Hall–Kier alpha value is -3.35. The lowest BCUT2D eigenvalue weighted by Gasteiger charge is -2.27. The highest BCUT2D eigenvalue weighted by atomic mass is 16.6. The number of carboxylic acid groups (broad SMARTS) is 1. The Labute approximate surface area is 181 Å². The van der Waals surface area contributed by atoms with Crippen molar-refractivity contribution in [2.24, 2.45) is 0 Å². The molecule has 0 unspecified atom stereocenters. The maximum Gasteiger partial charge on any atom is 0.408 e. The molecule has 0 bridgehead atoms. The minimum atomic E-state index is -1.86. The Balaban J connectivity index is 1.69. The maximum absolute atomic E-state index is 12.5. The van der Waals surface area contributed by atoms with E-state index in [1.807, 2.05) is 48.5 Å². The average Bonchev–Trinajstić information content (AvgIpc) is 2.98. The van der Waals surface area contributed by atoms with Gasteiger partial charge >= 0.3 is 18.0 Å². The molecule has 3 rings (SSSR count). The monoisotopic (exact) mass is 425 g/mol. The van der Waals surface area contributed by atoms with Gasteiger partial charge in [-0.05, 0) is 49.9 Å². The van der Waals surface area contributed by atoms with Crippen molar-refractivity contribution in [1.82, 2.24) is 5.32 Å². The van der Waals surface area contributed by atoms with Crippen LogP contribution in [0.2, 0.25) is 0 Å². The molecule has 1 amide bonds. The zero-order valence-electron chi connectivity index (χ0n) is 18.1. The fourth-order valence-electron chi connectivity index (χ4n) is 3.70. The van der Waals surface area contributed by atoms with Crippen LogP contribution in [0.1, 0.15) is 51.2 Å². The summed E-state index contributed by atoms with van der Waals surface area (Å²) in [6.07, 6.45) is -1.43. The maximum atomic E-state index is 12.5. The van der Waals surface area contributed by atoms with Gasteiger partial charge in [-0.25, -0.2) is 9.59 Å². The van der Waals surface area contributed by atoms with Crippen molar-refractivity contribution in [2.45, 2.75) is 51.2 Å².